The zero-order chi connectivity index (χ0) is 12.1. The summed E-state index contributed by atoms with van der Waals surface area (Å²) < 4.78 is 0. The lowest BCUT2D eigenvalue weighted by atomic mass is 10.2. The second-order valence-corrected chi connectivity index (χ2v) is 3.45. The fourth-order valence-corrected chi connectivity index (χ4v) is 1.58. The maximum Gasteiger partial charge on any atom is 0.149 e. The number of aromatic nitrogens is 1. The minimum Gasteiger partial charge on any atom is -0.356 e. The summed E-state index contributed by atoms with van der Waals surface area (Å²) in [6.45, 7) is 5.41. The van der Waals surface area contributed by atoms with Gasteiger partial charge in [-0.2, -0.15) is 10.5 Å². The zero-order valence-electron chi connectivity index (χ0n) is 9.16. The SMILES string of the molecule is CCN(CC)c1nc(Cl)c(C#N)cc1C#N. The Bertz CT molecular complexity index is 466. The maximum absolute atomic E-state index is 9.00. The van der Waals surface area contributed by atoms with E-state index < -0.39 is 0 Å². The van der Waals surface area contributed by atoms with Crippen LogP contribution in [0.25, 0.3) is 0 Å². The molecule has 0 aliphatic heterocycles. The highest BCUT2D eigenvalue weighted by Crippen LogP contribution is 2.23. The molecule has 0 bridgehead atoms. The number of anilines is 1. The fraction of sp³-hybridized carbons (Fsp3) is 0.364. The number of halogens is 1. The molecule has 0 unspecified atom stereocenters. The van der Waals surface area contributed by atoms with Crippen molar-refractivity contribution < 1.29 is 0 Å². The van der Waals surface area contributed by atoms with Crippen LogP contribution in [0, 0.1) is 22.7 Å². The normalized spacial score (nSPS) is 9.31. The van der Waals surface area contributed by atoms with Crippen LogP contribution in [0.3, 0.4) is 0 Å². The maximum atomic E-state index is 9.00. The van der Waals surface area contributed by atoms with E-state index in [4.69, 9.17) is 22.1 Å². The summed E-state index contributed by atoms with van der Waals surface area (Å²) in [6, 6.07) is 5.42. The van der Waals surface area contributed by atoms with E-state index >= 15 is 0 Å². The van der Waals surface area contributed by atoms with Crippen molar-refractivity contribution in [2.45, 2.75) is 13.8 Å². The van der Waals surface area contributed by atoms with Gasteiger partial charge in [-0.1, -0.05) is 11.6 Å². The smallest absolute Gasteiger partial charge is 0.149 e. The zero-order valence-corrected chi connectivity index (χ0v) is 9.91. The van der Waals surface area contributed by atoms with Gasteiger partial charge in [0.05, 0.1) is 11.1 Å². The van der Waals surface area contributed by atoms with Crippen molar-refractivity contribution in [1.29, 1.82) is 10.5 Å². The van der Waals surface area contributed by atoms with Crippen molar-refractivity contribution in [2.75, 3.05) is 18.0 Å². The van der Waals surface area contributed by atoms with Gasteiger partial charge in [-0.05, 0) is 19.9 Å². The molecule has 4 nitrogen and oxygen atoms in total. The Kier molecular flexibility index (Phi) is 4.10. The van der Waals surface area contributed by atoms with Crippen molar-refractivity contribution in [3.05, 3.63) is 22.3 Å². The van der Waals surface area contributed by atoms with E-state index in [9.17, 15) is 0 Å². The van der Waals surface area contributed by atoms with Crippen molar-refractivity contribution in [3.8, 4) is 12.1 Å². The monoisotopic (exact) mass is 234 g/mol. The Hall–Kier alpha value is -1.78. The van der Waals surface area contributed by atoms with Crippen LogP contribution in [0.1, 0.15) is 25.0 Å². The van der Waals surface area contributed by atoms with Crippen molar-refractivity contribution in [3.63, 3.8) is 0 Å². The van der Waals surface area contributed by atoms with Crippen LogP contribution in [0.2, 0.25) is 5.15 Å². The summed E-state index contributed by atoms with van der Waals surface area (Å²) >= 11 is 5.85. The Morgan fingerprint density at radius 3 is 2.25 bits per heavy atom. The van der Waals surface area contributed by atoms with Crippen LogP contribution in [0.4, 0.5) is 5.82 Å². The highest BCUT2D eigenvalue weighted by Gasteiger charge is 2.14. The lowest BCUT2D eigenvalue weighted by molar-refractivity contribution is 0.843. The first-order valence-corrected chi connectivity index (χ1v) is 5.31. The lowest BCUT2D eigenvalue weighted by Gasteiger charge is -2.21. The summed E-state index contributed by atoms with van der Waals surface area (Å²) in [5, 5.41) is 17.9. The van der Waals surface area contributed by atoms with Crippen molar-refractivity contribution in [2.24, 2.45) is 0 Å². The molecule has 1 aromatic rings. The molecule has 0 spiro atoms. The molecule has 1 heterocycles. The van der Waals surface area contributed by atoms with Crippen LogP contribution in [-0.2, 0) is 0 Å². The first kappa shape index (κ1) is 12.3. The molecule has 0 fully saturated rings. The van der Waals surface area contributed by atoms with E-state index in [2.05, 4.69) is 4.98 Å². The van der Waals surface area contributed by atoms with Gasteiger partial charge in [-0.15, -0.1) is 0 Å². The van der Waals surface area contributed by atoms with Crippen LogP contribution < -0.4 is 4.90 Å². The van der Waals surface area contributed by atoms with Crippen molar-refractivity contribution in [1.82, 2.24) is 4.98 Å². The molecule has 5 heteroatoms. The first-order chi connectivity index (χ1) is 7.67. The predicted octanol–water partition coefficient (Wildman–Crippen LogP) is 2.32. The summed E-state index contributed by atoms with van der Waals surface area (Å²) in [4.78, 5) is 6.03. The van der Waals surface area contributed by atoms with Crippen LogP contribution in [0.5, 0.6) is 0 Å². The molecule has 16 heavy (non-hydrogen) atoms. The van der Waals surface area contributed by atoms with Crippen LogP contribution in [0.15, 0.2) is 6.07 Å². The molecule has 0 saturated heterocycles. The number of nitriles is 2. The van der Waals surface area contributed by atoms with Crippen LogP contribution in [-0.4, -0.2) is 18.1 Å². The average Bonchev–Trinajstić information content (AvgIpc) is 2.31. The van der Waals surface area contributed by atoms with Gasteiger partial charge in [0.15, 0.2) is 0 Å². The van der Waals surface area contributed by atoms with E-state index in [1.54, 1.807) is 0 Å². The van der Waals surface area contributed by atoms with E-state index in [-0.39, 0.29) is 10.7 Å². The molecule has 0 radical (unpaired) electrons. The molecule has 0 amide bonds. The largest absolute Gasteiger partial charge is 0.356 e. The third-order valence-corrected chi connectivity index (χ3v) is 2.55. The summed E-state index contributed by atoms with van der Waals surface area (Å²) in [6.07, 6.45) is 0. The highest BCUT2D eigenvalue weighted by molar-refractivity contribution is 6.30. The van der Waals surface area contributed by atoms with E-state index in [0.29, 0.717) is 11.4 Å². The van der Waals surface area contributed by atoms with Gasteiger partial charge in [0.1, 0.15) is 23.1 Å². The summed E-state index contributed by atoms with van der Waals surface area (Å²) in [5.74, 6) is 0.538. The summed E-state index contributed by atoms with van der Waals surface area (Å²) in [7, 11) is 0. The Balaban J connectivity index is 3.36. The molecule has 0 atom stereocenters. The molecule has 82 valence electrons. The lowest BCUT2D eigenvalue weighted by Crippen LogP contribution is -2.24. The number of pyridine rings is 1. The molecule has 1 rings (SSSR count). The summed E-state index contributed by atoms with van der Waals surface area (Å²) in [5.41, 5.74) is 0.610. The minimum absolute atomic E-state index is 0.142. The topological polar surface area (TPSA) is 63.7 Å². The quantitative estimate of drug-likeness (QED) is 0.753. The molecule has 0 N–H and O–H groups in total. The second-order valence-electron chi connectivity index (χ2n) is 3.09. The average molecular weight is 235 g/mol. The predicted molar refractivity (Wildman–Crippen MR) is 62.2 cm³/mol. The third kappa shape index (κ3) is 2.24. The first-order valence-electron chi connectivity index (χ1n) is 4.93. The van der Waals surface area contributed by atoms with Gasteiger partial charge < -0.3 is 4.90 Å². The molecule has 0 saturated carbocycles. The van der Waals surface area contributed by atoms with Gasteiger partial charge >= 0.3 is 0 Å². The van der Waals surface area contributed by atoms with E-state index in [0.717, 1.165) is 13.1 Å². The highest BCUT2D eigenvalue weighted by atomic mass is 35.5. The van der Waals surface area contributed by atoms with Gasteiger partial charge in [0, 0.05) is 13.1 Å². The second kappa shape index (κ2) is 5.34. The van der Waals surface area contributed by atoms with Gasteiger partial charge in [-0.25, -0.2) is 4.98 Å². The molecule has 0 aliphatic carbocycles. The fourth-order valence-electron chi connectivity index (χ4n) is 1.41. The number of nitrogens with zero attached hydrogens (tertiary/aromatic N) is 4. The Morgan fingerprint density at radius 1 is 1.25 bits per heavy atom. The van der Waals surface area contributed by atoms with Crippen molar-refractivity contribution >= 4 is 17.4 Å². The molecule has 1 aromatic heterocycles. The minimum atomic E-state index is 0.142. The molecular weight excluding hydrogens is 224 g/mol. The van der Waals surface area contributed by atoms with Gasteiger partial charge in [0.2, 0.25) is 0 Å². The van der Waals surface area contributed by atoms with E-state index in [1.165, 1.54) is 6.07 Å². The molecule has 0 aromatic carbocycles. The van der Waals surface area contributed by atoms with Crippen LogP contribution >= 0.6 is 11.6 Å². The third-order valence-electron chi connectivity index (χ3n) is 2.26. The van der Waals surface area contributed by atoms with E-state index in [1.807, 2.05) is 30.9 Å². The number of hydrogen-bond donors (Lipinski definition) is 0. The Morgan fingerprint density at radius 2 is 1.81 bits per heavy atom. The Labute approximate surface area is 99.7 Å². The molecular formula is C11H11ClN4. The number of rotatable bonds is 3. The standard InChI is InChI=1S/C11H11ClN4/c1-3-16(4-2)11-9(7-14)5-8(6-13)10(12)15-11/h5H,3-4H2,1-2H3. The molecule has 0 aliphatic rings. The van der Waals surface area contributed by atoms with Gasteiger partial charge in [-0.3, -0.25) is 0 Å². The van der Waals surface area contributed by atoms with Gasteiger partial charge in [0.25, 0.3) is 0 Å². The number of hydrogen-bond acceptors (Lipinski definition) is 4.